The number of nitrogens with one attached hydrogen (secondary N) is 1. The van der Waals surface area contributed by atoms with Crippen molar-refractivity contribution < 1.29 is 14.2 Å². The molecule has 4 nitrogen and oxygen atoms in total. The van der Waals surface area contributed by atoms with Crippen LogP contribution in [0.25, 0.3) is 0 Å². The molecule has 0 amide bonds. The first-order chi connectivity index (χ1) is 10.2. The van der Waals surface area contributed by atoms with E-state index in [1.54, 1.807) is 0 Å². The van der Waals surface area contributed by atoms with Crippen LogP contribution in [0, 0.1) is 5.82 Å². The van der Waals surface area contributed by atoms with Gasteiger partial charge in [-0.25, -0.2) is 4.39 Å². The van der Waals surface area contributed by atoms with Gasteiger partial charge in [-0.05, 0) is 30.7 Å². The van der Waals surface area contributed by atoms with Crippen LogP contribution in [0.1, 0.15) is 24.9 Å². The Balaban J connectivity index is 1.94. The lowest BCUT2D eigenvalue weighted by molar-refractivity contribution is -0.0286. The fourth-order valence-electron chi connectivity index (χ4n) is 2.77. The Morgan fingerprint density at radius 1 is 1.43 bits per heavy atom. The first-order valence-electron chi connectivity index (χ1n) is 7.66. The van der Waals surface area contributed by atoms with E-state index >= 15 is 0 Å². The zero-order valence-corrected chi connectivity index (χ0v) is 12.6. The minimum absolute atomic E-state index is 0.0919. The van der Waals surface area contributed by atoms with Crippen LogP contribution in [0.3, 0.4) is 0 Å². The van der Waals surface area contributed by atoms with Gasteiger partial charge in [-0.2, -0.15) is 0 Å². The van der Waals surface area contributed by atoms with Gasteiger partial charge in [0.15, 0.2) is 0 Å². The van der Waals surface area contributed by atoms with E-state index in [0.29, 0.717) is 6.61 Å². The highest BCUT2D eigenvalue weighted by atomic mass is 19.1. The van der Waals surface area contributed by atoms with Crippen LogP contribution < -0.4 is 5.32 Å². The highest BCUT2D eigenvalue weighted by molar-refractivity contribution is 5.20. The van der Waals surface area contributed by atoms with Crippen molar-refractivity contribution in [1.29, 1.82) is 0 Å². The van der Waals surface area contributed by atoms with E-state index in [9.17, 15) is 9.50 Å². The van der Waals surface area contributed by atoms with Crippen molar-refractivity contribution >= 4 is 0 Å². The normalized spacial score (nSPS) is 21.4. The van der Waals surface area contributed by atoms with Crippen LogP contribution in [0.15, 0.2) is 24.3 Å². The summed E-state index contributed by atoms with van der Waals surface area (Å²) >= 11 is 0. The Bertz CT molecular complexity index is 413. The first kappa shape index (κ1) is 16.4. The number of morpholine rings is 1. The summed E-state index contributed by atoms with van der Waals surface area (Å²) in [4.78, 5) is 2.28. The molecule has 5 heteroatoms. The summed E-state index contributed by atoms with van der Waals surface area (Å²) in [7, 11) is 0. The lowest BCUT2D eigenvalue weighted by Crippen LogP contribution is -2.48. The summed E-state index contributed by atoms with van der Waals surface area (Å²) in [6.07, 6.45) is 0.927. The Kier molecular flexibility index (Phi) is 6.57. The zero-order valence-electron chi connectivity index (χ0n) is 12.6. The summed E-state index contributed by atoms with van der Waals surface area (Å²) in [6.45, 7) is 6.13. The van der Waals surface area contributed by atoms with Gasteiger partial charge in [0.2, 0.25) is 0 Å². The SMILES string of the molecule is CCNC(CCN1CCOCC1CO)c1ccc(F)cc1. The molecule has 1 aliphatic heterocycles. The predicted octanol–water partition coefficient (Wildman–Crippen LogP) is 1.56. The van der Waals surface area contributed by atoms with Crippen LogP contribution in [0.2, 0.25) is 0 Å². The van der Waals surface area contributed by atoms with E-state index in [1.807, 2.05) is 12.1 Å². The predicted molar refractivity (Wildman–Crippen MR) is 80.7 cm³/mol. The summed E-state index contributed by atoms with van der Waals surface area (Å²) in [5.74, 6) is -0.206. The molecule has 0 saturated carbocycles. The lowest BCUT2D eigenvalue weighted by Gasteiger charge is -2.35. The van der Waals surface area contributed by atoms with Crippen LogP contribution in [-0.4, -0.2) is 55.5 Å². The number of hydrogen-bond donors (Lipinski definition) is 2. The summed E-state index contributed by atoms with van der Waals surface area (Å²) in [6, 6.07) is 6.99. The molecule has 2 unspecified atom stereocenters. The Labute approximate surface area is 125 Å². The van der Waals surface area contributed by atoms with Crippen LogP contribution in [0.4, 0.5) is 4.39 Å². The second-order valence-corrected chi connectivity index (χ2v) is 5.40. The Morgan fingerprint density at radius 2 is 2.19 bits per heavy atom. The third-order valence-corrected chi connectivity index (χ3v) is 3.99. The van der Waals surface area contributed by atoms with Crippen LogP contribution in [0.5, 0.6) is 0 Å². The van der Waals surface area contributed by atoms with Gasteiger partial charge in [-0.3, -0.25) is 4.90 Å². The maximum Gasteiger partial charge on any atom is 0.123 e. The molecule has 0 aliphatic carbocycles. The smallest absolute Gasteiger partial charge is 0.123 e. The van der Waals surface area contributed by atoms with E-state index < -0.39 is 0 Å². The molecule has 1 aromatic rings. The molecule has 2 rings (SSSR count). The van der Waals surface area contributed by atoms with Crippen molar-refractivity contribution in [1.82, 2.24) is 10.2 Å². The topological polar surface area (TPSA) is 44.7 Å². The van der Waals surface area contributed by atoms with Crippen molar-refractivity contribution in [2.45, 2.75) is 25.4 Å². The monoisotopic (exact) mass is 296 g/mol. The van der Waals surface area contributed by atoms with Gasteiger partial charge in [0.05, 0.1) is 25.9 Å². The van der Waals surface area contributed by atoms with Gasteiger partial charge in [-0.15, -0.1) is 0 Å². The summed E-state index contributed by atoms with van der Waals surface area (Å²) < 4.78 is 18.4. The van der Waals surface area contributed by atoms with Crippen LogP contribution >= 0.6 is 0 Å². The molecule has 1 aromatic carbocycles. The molecule has 1 fully saturated rings. The van der Waals surface area contributed by atoms with Crippen molar-refractivity contribution in [2.75, 3.05) is 39.5 Å². The zero-order chi connectivity index (χ0) is 15.1. The number of nitrogens with zero attached hydrogens (tertiary/aromatic N) is 1. The second kappa shape index (κ2) is 8.44. The summed E-state index contributed by atoms with van der Waals surface area (Å²) in [5.41, 5.74) is 1.10. The van der Waals surface area contributed by atoms with Gasteiger partial charge in [-0.1, -0.05) is 19.1 Å². The molecule has 0 spiro atoms. The number of rotatable bonds is 7. The molecule has 2 atom stereocenters. The highest BCUT2D eigenvalue weighted by Crippen LogP contribution is 2.19. The first-order valence-corrected chi connectivity index (χ1v) is 7.66. The minimum Gasteiger partial charge on any atom is -0.395 e. The highest BCUT2D eigenvalue weighted by Gasteiger charge is 2.23. The number of aliphatic hydroxyl groups is 1. The fourth-order valence-corrected chi connectivity index (χ4v) is 2.77. The lowest BCUT2D eigenvalue weighted by atomic mass is 10.0. The maximum absolute atomic E-state index is 13.0. The van der Waals surface area contributed by atoms with Crippen molar-refractivity contribution in [3.8, 4) is 0 Å². The van der Waals surface area contributed by atoms with Crippen molar-refractivity contribution in [3.05, 3.63) is 35.6 Å². The van der Waals surface area contributed by atoms with E-state index in [0.717, 1.165) is 38.2 Å². The van der Waals surface area contributed by atoms with Crippen molar-refractivity contribution in [3.63, 3.8) is 0 Å². The van der Waals surface area contributed by atoms with Crippen LogP contribution in [-0.2, 0) is 4.74 Å². The molecule has 0 radical (unpaired) electrons. The molecule has 21 heavy (non-hydrogen) atoms. The number of benzene rings is 1. The van der Waals surface area contributed by atoms with E-state index in [2.05, 4.69) is 17.1 Å². The number of aliphatic hydroxyl groups excluding tert-OH is 1. The van der Waals surface area contributed by atoms with Crippen molar-refractivity contribution in [2.24, 2.45) is 0 Å². The summed E-state index contributed by atoms with van der Waals surface area (Å²) in [5, 5.41) is 12.8. The third kappa shape index (κ3) is 4.74. The van der Waals surface area contributed by atoms with E-state index in [-0.39, 0.29) is 24.5 Å². The van der Waals surface area contributed by atoms with Gasteiger partial charge < -0.3 is 15.2 Å². The van der Waals surface area contributed by atoms with Gasteiger partial charge in [0.1, 0.15) is 5.82 Å². The molecule has 2 N–H and O–H groups in total. The quantitative estimate of drug-likeness (QED) is 0.801. The average molecular weight is 296 g/mol. The fraction of sp³-hybridized carbons (Fsp3) is 0.625. The van der Waals surface area contributed by atoms with E-state index in [1.165, 1.54) is 12.1 Å². The van der Waals surface area contributed by atoms with Gasteiger partial charge in [0, 0.05) is 19.1 Å². The molecule has 1 aliphatic rings. The molecule has 0 aromatic heterocycles. The minimum atomic E-state index is -0.206. The van der Waals surface area contributed by atoms with E-state index in [4.69, 9.17) is 4.74 Å². The largest absolute Gasteiger partial charge is 0.395 e. The Morgan fingerprint density at radius 3 is 2.86 bits per heavy atom. The molecule has 0 bridgehead atoms. The number of halogens is 1. The third-order valence-electron chi connectivity index (χ3n) is 3.99. The Hall–Kier alpha value is -1.01. The molecule has 1 saturated heterocycles. The molecule has 118 valence electrons. The standard InChI is InChI=1S/C16H25FN2O2/c1-2-18-16(13-3-5-14(17)6-4-13)7-8-19-9-10-21-12-15(19)11-20/h3-6,15-16,18,20H,2,7-12H2,1H3. The van der Waals surface area contributed by atoms with Gasteiger partial charge >= 0.3 is 0 Å². The molecule has 1 heterocycles. The molecular weight excluding hydrogens is 271 g/mol. The molecular formula is C16H25FN2O2. The van der Waals surface area contributed by atoms with Gasteiger partial charge in [0.25, 0.3) is 0 Å². The number of ether oxygens (including phenoxy) is 1. The average Bonchev–Trinajstić information content (AvgIpc) is 2.52. The second-order valence-electron chi connectivity index (χ2n) is 5.40. The number of hydrogen-bond acceptors (Lipinski definition) is 4. The maximum atomic E-state index is 13.0.